The number of aryl methyl sites for hydroxylation is 1. The third kappa shape index (κ3) is 3.42. The third-order valence-electron chi connectivity index (χ3n) is 5.23. The lowest BCUT2D eigenvalue weighted by atomic mass is 9.86. The van der Waals surface area contributed by atoms with Crippen LogP contribution in [0.15, 0.2) is 12.4 Å². The van der Waals surface area contributed by atoms with Crippen LogP contribution in [0.1, 0.15) is 41.6 Å². The quantitative estimate of drug-likeness (QED) is 0.880. The second-order valence-electron chi connectivity index (χ2n) is 6.73. The summed E-state index contributed by atoms with van der Waals surface area (Å²) in [6, 6.07) is 0. The van der Waals surface area contributed by atoms with Crippen LogP contribution in [0.2, 0.25) is 0 Å². The van der Waals surface area contributed by atoms with E-state index in [2.05, 4.69) is 4.98 Å². The van der Waals surface area contributed by atoms with E-state index in [9.17, 15) is 9.59 Å². The Kier molecular flexibility index (Phi) is 4.71. The van der Waals surface area contributed by atoms with Gasteiger partial charge in [0.05, 0.1) is 17.6 Å². The molecule has 0 radical (unpaired) electrons. The van der Waals surface area contributed by atoms with Crippen molar-refractivity contribution in [1.82, 2.24) is 9.88 Å². The molecule has 2 aliphatic rings. The van der Waals surface area contributed by atoms with E-state index >= 15 is 0 Å². The molecule has 0 aromatic carbocycles. The van der Waals surface area contributed by atoms with Crippen LogP contribution in [-0.2, 0) is 9.53 Å². The van der Waals surface area contributed by atoms with Crippen LogP contribution >= 0.6 is 0 Å². The molecule has 0 aliphatic carbocycles. The number of hydrogen-bond donors (Lipinski definition) is 2. The van der Waals surface area contributed by atoms with E-state index in [0.29, 0.717) is 12.5 Å². The van der Waals surface area contributed by atoms with E-state index in [1.807, 2.05) is 18.0 Å². The molecular formula is C17H25N3O3. The zero-order valence-corrected chi connectivity index (χ0v) is 13.6. The summed E-state index contributed by atoms with van der Waals surface area (Å²) in [5.41, 5.74) is 7.20. The van der Waals surface area contributed by atoms with Crippen molar-refractivity contribution in [3.8, 4) is 0 Å². The lowest BCUT2D eigenvalue weighted by Crippen LogP contribution is -2.40. The Morgan fingerprint density at radius 3 is 2.65 bits per heavy atom. The van der Waals surface area contributed by atoms with Crippen LogP contribution in [0, 0.1) is 18.8 Å². The summed E-state index contributed by atoms with van der Waals surface area (Å²) < 4.78 is 5.69. The van der Waals surface area contributed by atoms with Gasteiger partial charge in [0, 0.05) is 32.1 Å². The first-order chi connectivity index (χ1) is 11.1. The first-order valence-electron chi connectivity index (χ1n) is 8.40. The zero-order chi connectivity index (χ0) is 16.4. The van der Waals surface area contributed by atoms with Gasteiger partial charge >= 0.3 is 0 Å². The molecule has 1 aromatic heterocycles. The van der Waals surface area contributed by atoms with Crippen LogP contribution in [0.5, 0.6) is 0 Å². The number of H-pyrrole nitrogens is 1. The predicted octanol–water partition coefficient (Wildman–Crippen LogP) is 1.46. The van der Waals surface area contributed by atoms with Crippen LogP contribution in [0.4, 0.5) is 0 Å². The minimum atomic E-state index is -0.247. The Balaban J connectivity index is 1.52. The fourth-order valence-corrected chi connectivity index (χ4v) is 3.75. The van der Waals surface area contributed by atoms with Crippen molar-refractivity contribution in [3.63, 3.8) is 0 Å². The predicted molar refractivity (Wildman–Crippen MR) is 85.8 cm³/mol. The molecule has 3 rings (SSSR count). The fraction of sp³-hybridized carbons (Fsp3) is 0.647. The summed E-state index contributed by atoms with van der Waals surface area (Å²) >= 11 is 0. The minimum Gasteiger partial charge on any atom is -0.377 e. The van der Waals surface area contributed by atoms with Gasteiger partial charge in [0.2, 0.25) is 5.91 Å². The number of nitrogens with zero attached hydrogens (tertiary/aromatic N) is 1. The Labute approximate surface area is 136 Å². The summed E-state index contributed by atoms with van der Waals surface area (Å²) in [4.78, 5) is 28.8. The molecule has 0 bridgehead atoms. The summed E-state index contributed by atoms with van der Waals surface area (Å²) in [5.74, 6) is 0.214. The summed E-state index contributed by atoms with van der Waals surface area (Å²) in [5, 5.41) is 0. The van der Waals surface area contributed by atoms with Gasteiger partial charge in [-0.1, -0.05) is 0 Å². The van der Waals surface area contributed by atoms with Crippen molar-refractivity contribution in [2.24, 2.45) is 17.6 Å². The van der Waals surface area contributed by atoms with Crippen LogP contribution in [0.25, 0.3) is 0 Å². The molecule has 1 aromatic rings. The van der Waals surface area contributed by atoms with E-state index in [1.165, 1.54) is 0 Å². The van der Waals surface area contributed by atoms with Crippen molar-refractivity contribution >= 4 is 11.8 Å². The topological polar surface area (TPSA) is 88.4 Å². The van der Waals surface area contributed by atoms with E-state index in [0.717, 1.165) is 49.9 Å². The van der Waals surface area contributed by atoms with Crippen molar-refractivity contribution in [2.75, 3.05) is 19.7 Å². The number of hydrogen-bond acceptors (Lipinski definition) is 3. The van der Waals surface area contributed by atoms with Gasteiger partial charge in [0.25, 0.3) is 5.91 Å². The summed E-state index contributed by atoms with van der Waals surface area (Å²) in [7, 11) is 0. The van der Waals surface area contributed by atoms with Crippen LogP contribution < -0.4 is 5.73 Å². The summed E-state index contributed by atoms with van der Waals surface area (Å²) in [6.45, 7) is 4.10. The van der Waals surface area contributed by atoms with Gasteiger partial charge < -0.3 is 20.4 Å². The zero-order valence-electron chi connectivity index (χ0n) is 13.6. The maximum atomic E-state index is 12.5. The molecular weight excluding hydrogens is 294 g/mol. The molecule has 2 atom stereocenters. The number of rotatable bonds is 4. The monoisotopic (exact) mass is 319 g/mol. The molecule has 2 aliphatic heterocycles. The van der Waals surface area contributed by atoms with Gasteiger partial charge in [-0.15, -0.1) is 0 Å². The van der Waals surface area contributed by atoms with Gasteiger partial charge in [-0.25, -0.2) is 0 Å². The lowest BCUT2D eigenvalue weighted by molar-refractivity contribution is -0.123. The number of ether oxygens (including phenoxy) is 1. The molecule has 0 unspecified atom stereocenters. The molecule has 0 saturated carbocycles. The Hall–Kier alpha value is -1.82. The number of carbonyl (C=O) groups excluding carboxylic acids is 2. The highest BCUT2D eigenvalue weighted by atomic mass is 16.5. The van der Waals surface area contributed by atoms with Gasteiger partial charge in [-0.05, 0) is 44.1 Å². The first-order valence-corrected chi connectivity index (χ1v) is 8.40. The van der Waals surface area contributed by atoms with E-state index < -0.39 is 0 Å². The maximum Gasteiger partial charge on any atom is 0.255 e. The number of piperidine rings is 1. The first kappa shape index (κ1) is 16.1. The molecule has 2 saturated heterocycles. The number of likely N-dealkylation sites (tertiary alicyclic amines) is 1. The Morgan fingerprint density at radius 2 is 2.04 bits per heavy atom. The second kappa shape index (κ2) is 6.74. The maximum absolute atomic E-state index is 12.5. The van der Waals surface area contributed by atoms with Gasteiger partial charge in [0.1, 0.15) is 0 Å². The lowest BCUT2D eigenvalue weighted by Gasteiger charge is -2.33. The fourth-order valence-electron chi connectivity index (χ4n) is 3.75. The third-order valence-corrected chi connectivity index (χ3v) is 5.23. The molecule has 23 heavy (non-hydrogen) atoms. The molecule has 2 amide bonds. The van der Waals surface area contributed by atoms with Crippen molar-refractivity contribution in [3.05, 3.63) is 23.5 Å². The van der Waals surface area contributed by atoms with Crippen molar-refractivity contribution < 1.29 is 14.3 Å². The number of aromatic nitrogens is 1. The Bertz CT molecular complexity index is 575. The number of nitrogens with one attached hydrogen (secondary N) is 1. The normalized spacial score (nSPS) is 25.7. The largest absolute Gasteiger partial charge is 0.377 e. The standard InChI is InChI=1S/C17H25N3O3/c1-11-9-19-10-14(11)17(22)20-5-2-12(3-6-20)8-15-13(16(18)21)4-7-23-15/h9-10,12-13,15,19H,2-8H2,1H3,(H2,18,21)/t13-,15-/m1/s1. The molecule has 6 nitrogen and oxygen atoms in total. The summed E-state index contributed by atoms with van der Waals surface area (Å²) in [6.07, 6.45) is 7.12. The van der Waals surface area contributed by atoms with Gasteiger partial charge in [-0.2, -0.15) is 0 Å². The number of nitrogens with two attached hydrogens (primary N) is 1. The highest BCUT2D eigenvalue weighted by Crippen LogP contribution is 2.31. The number of amides is 2. The van der Waals surface area contributed by atoms with Crippen molar-refractivity contribution in [2.45, 2.75) is 38.7 Å². The molecule has 126 valence electrons. The Morgan fingerprint density at radius 1 is 1.30 bits per heavy atom. The SMILES string of the molecule is Cc1c[nH]cc1C(=O)N1CCC(C[C@H]2OCC[C@H]2C(N)=O)CC1. The smallest absolute Gasteiger partial charge is 0.255 e. The molecule has 3 N–H and O–H groups in total. The van der Waals surface area contributed by atoms with E-state index in [4.69, 9.17) is 10.5 Å². The van der Waals surface area contributed by atoms with Crippen LogP contribution in [-0.4, -0.2) is 47.5 Å². The molecule has 6 heteroatoms. The highest BCUT2D eigenvalue weighted by Gasteiger charge is 2.35. The van der Waals surface area contributed by atoms with Crippen LogP contribution in [0.3, 0.4) is 0 Å². The second-order valence-corrected chi connectivity index (χ2v) is 6.73. The minimum absolute atomic E-state index is 0.0355. The van der Waals surface area contributed by atoms with Gasteiger partial charge in [-0.3, -0.25) is 9.59 Å². The average Bonchev–Trinajstić information content (AvgIpc) is 3.16. The van der Waals surface area contributed by atoms with E-state index in [1.54, 1.807) is 6.20 Å². The van der Waals surface area contributed by atoms with Crippen molar-refractivity contribution in [1.29, 1.82) is 0 Å². The van der Waals surface area contributed by atoms with E-state index in [-0.39, 0.29) is 23.8 Å². The molecule has 0 spiro atoms. The number of primary amides is 1. The average molecular weight is 319 g/mol. The molecule has 2 fully saturated rings. The number of aromatic amines is 1. The molecule has 3 heterocycles. The highest BCUT2D eigenvalue weighted by molar-refractivity contribution is 5.95. The number of carbonyl (C=O) groups is 2. The van der Waals surface area contributed by atoms with Gasteiger partial charge in [0.15, 0.2) is 0 Å².